The van der Waals surface area contributed by atoms with Crippen LogP contribution in [-0.2, 0) is 0 Å². The molecule has 0 unspecified atom stereocenters. The number of nitrogens with zero attached hydrogens (tertiary/aromatic N) is 1. The van der Waals surface area contributed by atoms with Gasteiger partial charge in [-0.05, 0) is 23.3 Å². The molecule has 0 saturated carbocycles. The Bertz CT molecular complexity index is 454. The topological polar surface area (TPSA) is 72.2 Å². The van der Waals surface area contributed by atoms with Crippen molar-refractivity contribution in [3.63, 3.8) is 0 Å². The van der Waals surface area contributed by atoms with Gasteiger partial charge in [-0.15, -0.1) is 0 Å². The van der Waals surface area contributed by atoms with Gasteiger partial charge in [0, 0.05) is 29.3 Å². The second kappa shape index (κ2) is 7.52. The number of nitrogens with one attached hydrogen (secondary N) is 1. The third kappa shape index (κ3) is 4.77. The van der Waals surface area contributed by atoms with Crippen molar-refractivity contribution < 1.29 is 9.72 Å². The van der Waals surface area contributed by atoms with E-state index >= 15 is 0 Å². The third-order valence-electron chi connectivity index (χ3n) is 2.20. The lowest BCUT2D eigenvalue weighted by atomic mass is 10.2. The molecule has 18 heavy (non-hydrogen) atoms. The number of amides is 1. The van der Waals surface area contributed by atoms with E-state index in [-0.39, 0.29) is 22.2 Å². The zero-order chi connectivity index (χ0) is 13.5. The molecule has 0 fully saturated rings. The highest BCUT2D eigenvalue weighted by Gasteiger charge is 2.13. The number of nitro groups is 1. The summed E-state index contributed by atoms with van der Waals surface area (Å²) in [5.41, 5.74) is 0.0311. The number of halogens is 2. The predicted octanol–water partition coefficient (Wildman–Crippen LogP) is 3.19. The maximum Gasteiger partial charge on any atom is 0.271 e. The van der Waals surface area contributed by atoms with Gasteiger partial charge in [0.25, 0.3) is 11.6 Å². The summed E-state index contributed by atoms with van der Waals surface area (Å²) in [4.78, 5) is 21.8. The van der Waals surface area contributed by atoms with Crippen molar-refractivity contribution in [3.8, 4) is 0 Å². The normalized spacial score (nSPS) is 10.1. The molecule has 1 N–H and O–H groups in total. The number of unbranched alkanes of at least 4 members (excludes halogenated alkanes) is 1. The van der Waals surface area contributed by atoms with Crippen molar-refractivity contribution in [2.45, 2.75) is 12.8 Å². The smallest absolute Gasteiger partial charge is 0.271 e. The number of rotatable bonds is 6. The van der Waals surface area contributed by atoms with E-state index in [0.29, 0.717) is 6.54 Å². The van der Waals surface area contributed by atoms with E-state index in [1.54, 1.807) is 0 Å². The van der Waals surface area contributed by atoms with E-state index in [1.807, 2.05) is 0 Å². The van der Waals surface area contributed by atoms with Crippen LogP contribution in [0.15, 0.2) is 18.2 Å². The standard InChI is InChI=1S/C11H12ClIN2O3/c12-9-5-8(6-10(7-9)15(17)18)11(16)14-4-2-1-3-13/h5-7H,1-4H2,(H,14,16). The fraction of sp³-hybridized carbons (Fsp3) is 0.364. The maximum atomic E-state index is 11.7. The Morgan fingerprint density at radius 1 is 1.39 bits per heavy atom. The summed E-state index contributed by atoms with van der Waals surface area (Å²) >= 11 is 8.00. The average Bonchev–Trinajstić information content (AvgIpc) is 2.33. The number of carbonyl (C=O) groups is 1. The van der Waals surface area contributed by atoms with Crippen LogP contribution in [0, 0.1) is 10.1 Å². The summed E-state index contributed by atoms with van der Waals surface area (Å²) in [7, 11) is 0. The molecule has 0 aliphatic rings. The molecule has 0 saturated heterocycles. The molecule has 0 atom stereocenters. The van der Waals surface area contributed by atoms with Crippen LogP contribution >= 0.6 is 34.2 Å². The first-order chi connectivity index (χ1) is 8.54. The van der Waals surface area contributed by atoms with Gasteiger partial charge in [-0.3, -0.25) is 14.9 Å². The average molecular weight is 383 g/mol. The Labute approximate surface area is 123 Å². The summed E-state index contributed by atoms with van der Waals surface area (Å²) < 4.78 is 1.04. The van der Waals surface area contributed by atoms with Crippen LogP contribution in [0.5, 0.6) is 0 Å². The summed E-state index contributed by atoms with van der Waals surface area (Å²) in [5, 5.41) is 13.5. The first kappa shape index (κ1) is 15.2. The van der Waals surface area contributed by atoms with Crippen molar-refractivity contribution in [1.29, 1.82) is 0 Å². The molecule has 7 heteroatoms. The molecule has 0 heterocycles. The number of carbonyl (C=O) groups excluding carboxylic acids is 1. The molecule has 0 aliphatic carbocycles. The van der Waals surface area contributed by atoms with Gasteiger partial charge >= 0.3 is 0 Å². The number of non-ortho nitro benzene ring substituents is 1. The van der Waals surface area contributed by atoms with Crippen LogP contribution < -0.4 is 5.32 Å². The summed E-state index contributed by atoms with van der Waals surface area (Å²) in [6.07, 6.45) is 1.91. The highest BCUT2D eigenvalue weighted by Crippen LogP contribution is 2.20. The van der Waals surface area contributed by atoms with Crippen LogP contribution in [0.2, 0.25) is 5.02 Å². The lowest BCUT2D eigenvalue weighted by Crippen LogP contribution is -2.24. The highest BCUT2D eigenvalue weighted by molar-refractivity contribution is 14.1. The number of nitro benzene ring substituents is 1. The number of benzene rings is 1. The third-order valence-corrected chi connectivity index (χ3v) is 3.18. The Balaban J connectivity index is 2.70. The van der Waals surface area contributed by atoms with E-state index in [1.165, 1.54) is 18.2 Å². The monoisotopic (exact) mass is 382 g/mol. The van der Waals surface area contributed by atoms with Crippen molar-refractivity contribution in [1.82, 2.24) is 5.32 Å². The SMILES string of the molecule is O=C(NCCCCI)c1cc(Cl)cc([N+](=O)[O-])c1. The summed E-state index contributed by atoms with van der Waals surface area (Å²) in [5.74, 6) is -0.339. The molecule has 0 aromatic heterocycles. The quantitative estimate of drug-likeness (QED) is 0.270. The zero-order valence-electron chi connectivity index (χ0n) is 9.49. The summed E-state index contributed by atoms with van der Waals surface area (Å²) in [6.45, 7) is 0.558. The first-order valence-corrected chi connectivity index (χ1v) is 7.24. The second-order valence-corrected chi connectivity index (χ2v) is 5.12. The molecule has 98 valence electrons. The molecular formula is C11H12ClIN2O3. The van der Waals surface area contributed by atoms with Crippen LogP contribution in [0.4, 0.5) is 5.69 Å². The lowest BCUT2D eigenvalue weighted by molar-refractivity contribution is -0.384. The molecule has 0 radical (unpaired) electrons. The van der Waals surface area contributed by atoms with E-state index in [2.05, 4.69) is 27.9 Å². The molecule has 0 aliphatic heterocycles. The van der Waals surface area contributed by atoms with Gasteiger partial charge in [-0.25, -0.2) is 0 Å². The Hall–Kier alpha value is -0.890. The first-order valence-electron chi connectivity index (χ1n) is 5.33. The van der Waals surface area contributed by atoms with E-state index < -0.39 is 4.92 Å². The molecule has 1 amide bonds. The van der Waals surface area contributed by atoms with E-state index in [4.69, 9.17) is 11.6 Å². The van der Waals surface area contributed by atoms with Gasteiger partial charge in [0.2, 0.25) is 0 Å². The Morgan fingerprint density at radius 3 is 2.72 bits per heavy atom. The molecule has 1 rings (SSSR count). The van der Waals surface area contributed by atoms with Gasteiger partial charge in [0.1, 0.15) is 0 Å². The molecule has 5 nitrogen and oxygen atoms in total. The lowest BCUT2D eigenvalue weighted by Gasteiger charge is -2.05. The van der Waals surface area contributed by atoms with Crippen LogP contribution in [0.3, 0.4) is 0 Å². The van der Waals surface area contributed by atoms with Gasteiger partial charge in [-0.1, -0.05) is 34.2 Å². The fourth-order valence-corrected chi connectivity index (χ4v) is 2.10. The zero-order valence-corrected chi connectivity index (χ0v) is 12.4. The van der Waals surface area contributed by atoms with Crippen LogP contribution in [-0.4, -0.2) is 21.8 Å². The van der Waals surface area contributed by atoms with Crippen molar-refractivity contribution in [2.24, 2.45) is 0 Å². The number of hydrogen-bond acceptors (Lipinski definition) is 3. The van der Waals surface area contributed by atoms with Gasteiger partial charge in [-0.2, -0.15) is 0 Å². The largest absolute Gasteiger partial charge is 0.352 e. The Morgan fingerprint density at radius 2 is 2.11 bits per heavy atom. The van der Waals surface area contributed by atoms with Gasteiger partial charge < -0.3 is 5.32 Å². The minimum Gasteiger partial charge on any atom is -0.352 e. The molecule has 0 bridgehead atoms. The van der Waals surface area contributed by atoms with Crippen LogP contribution in [0.1, 0.15) is 23.2 Å². The molecule has 0 spiro atoms. The minimum atomic E-state index is -0.571. The number of alkyl halides is 1. The predicted molar refractivity (Wildman–Crippen MR) is 78.6 cm³/mol. The van der Waals surface area contributed by atoms with Crippen molar-refractivity contribution >= 4 is 45.8 Å². The van der Waals surface area contributed by atoms with Crippen LogP contribution in [0.25, 0.3) is 0 Å². The Kier molecular flexibility index (Phi) is 6.34. The molecule has 1 aromatic rings. The minimum absolute atomic E-state index is 0.181. The highest BCUT2D eigenvalue weighted by atomic mass is 127. The van der Waals surface area contributed by atoms with Crippen molar-refractivity contribution in [3.05, 3.63) is 38.9 Å². The number of hydrogen-bond donors (Lipinski definition) is 1. The van der Waals surface area contributed by atoms with Gasteiger partial charge in [0.15, 0.2) is 0 Å². The maximum absolute atomic E-state index is 11.7. The van der Waals surface area contributed by atoms with E-state index in [0.717, 1.165) is 17.3 Å². The fourth-order valence-electron chi connectivity index (χ4n) is 1.33. The summed E-state index contributed by atoms with van der Waals surface area (Å²) in [6, 6.07) is 3.86. The molecular weight excluding hydrogens is 370 g/mol. The second-order valence-electron chi connectivity index (χ2n) is 3.61. The van der Waals surface area contributed by atoms with E-state index in [9.17, 15) is 14.9 Å². The van der Waals surface area contributed by atoms with Gasteiger partial charge in [0.05, 0.1) is 4.92 Å². The molecule has 1 aromatic carbocycles. The van der Waals surface area contributed by atoms with Crippen molar-refractivity contribution in [2.75, 3.05) is 11.0 Å².